The average Bonchev–Trinajstić information content (AvgIpc) is 3.50. The van der Waals surface area contributed by atoms with Crippen LogP contribution < -0.4 is 4.74 Å². The maximum Gasteiger partial charge on any atom is 0.254 e. The molecule has 0 bridgehead atoms. The maximum atomic E-state index is 13.1. The Labute approximate surface area is 194 Å². The van der Waals surface area contributed by atoms with E-state index >= 15 is 0 Å². The molecule has 0 unspecified atom stereocenters. The van der Waals surface area contributed by atoms with Gasteiger partial charge in [-0.3, -0.25) is 4.79 Å². The standard InChI is InChI=1S/C23H21ClN4O3S/c1-2-11-28(12-21-26-27-22(31-21)19-5-3-4-6-20(19)24)23(29)16-7-9-18(10-8-16)30-13-17-14-32-15-25-17/h3-10,14-15H,2,11-13H2,1H3. The fourth-order valence-electron chi connectivity index (χ4n) is 3.09. The highest BCUT2D eigenvalue weighted by molar-refractivity contribution is 7.07. The number of rotatable bonds is 9. The lowest BCUT2D eigenvalue weighted by atomic mass is 10.2. The maximum absolute atomic E-state index is 13.1. The number of nitrogens with zero attached hydrogens (tertiary/aromatic N) is 4. The molecule has 4 rings (SSSR count). The molecule has 32 heavy (non-hydrogen) atoms. The normalized spacial score (nSPS) is 10.8. The molecular weight excluding hydrogens is 448 g/mol. The van der Waals surface area contributed by atoms with Crippen molar-refractivity contribution in [2.75, 3.05) is 6.54 Å². The highest BCUT2D eigenvalue weighted by Gasteiger charge is 2.19. The molecule has 164 valence electrons. The Morgan fingerprint density at radius 2 is 1.97 bits per heavy atom. The third kappa shape index (κ3) is 5.33. The molecule has 0 spiro atoms. The minimum atomic E-state index is -0.115. The van der Waals surface area contributed by atoms with Crippen molar-refractivity contribution in [2.45, 2.75) is 26.5 Å². The third-order valence-corrected chi connectivity index (χ3v) is 5.61. The number of amides is 1. The first-order valence-electron chi connectivity index (χ1n) is 10.1. The van der Waals surface area contributed by atoms with E-state index in [1.807, 2.05) is 30.5 Å². The summed E-state index contributed by atoms with van der Waals surface area (Å²) >= 11 is 7.74. The average molecular weight is 469 g/mol. The van der Waals surface area contributed by atoms with Crippen LogP contribution in [0.15, 0.2) is 63.8 Å². The highest BCUT2D eigenvalue weighted by Crippen LogP contribution is 2.26. The summed E-state index contributed by atoms with van der Waals surface area (Å²) in [5.74, 6) is 1.24. The lowest BCUT2D eigenvalue weighted by Crippen LogP contribution is -2.31. The number of hydrogen-bond donors (Lipinski definition) is 0. The van der Waals surface area contributed by atoms with E-state index in [-0.39, 0.29) is 12.5 Å². The van der Waals surface area contributed by atoms with Crippen LogP contribution in [-0.4, -0.2) is 32.5 Å². The van der Waals surface area contributed by atoms with Crippen molar-refractivity contribution in [1.82, 2.24) is 20.1 Å². The molecule has 1 amide bonds. The minimum Gasteiger partial charge on any atom is -0.487 e. The first kappa shape index (κ1) is 22.0. The Hall–Kier alpha value is -3.23. The highest BCUT2D eigenvalue weighted by atomic mass is 35.5. The molecule has 0 aliphatic heterocycles. The van der Waals surface area contributed by atoms with Gasteiger partial charge in [-0.25, -0.2) is 4.98 Å². The van der Waals surface area contributed by atoms with Crippen LogP contribution in [0.5, 0.6) is 5.75 Å². The number of carbonyl (C=O) groups excluding carboxylic acids is 1. The summed E-state index contributed by atoms with van der Waals surface area (Å²) in [5.41, 5.74) is 3.86. The molecule has 2 aromatic heterocycles. The summed E-state index contributed by atoms with van der Waals surface area (Å²) in [5, 5.41) is 10.7. The van der Waals surface area contributed by atoms with Crippen molar-refractivity contribution < 1.29 is 13.9 Å². The number of benzene rings is 2. The van der Waals surface area contributed by atoms with Crippen molar-refractivity contribution in [2.24, 2.45) is 0 Å². The summed E-state index contributed by atoms with van der Waals surface area (Å²) in [7, 11) is 0. The summed E-state index contributed by atoms with van der Waals surface area (Å²) in [6.45, 7) is 3.18. The molecule has 7 nitrogen and oxygen atoms in total. The molecule has 0 fully saturated rings. The number of hydrogen-bond acceptors (Lipinski definition) is 7. The molecular formula is C23H21ClN4O3S. The predicted octanol–water partition coefficient (Wildman–Crippen LogP) is 5.48. The van der Waals surface area contributed by atoms with Gasteiger partial charge < -0.3 is 14.1 Å². The van der Waals surface area contributed by atoms with Crippen LogP contribution in [0, 0.1) is 0 Å². The van der Waals surface area contributed by atoms with E-state index in [0.717, 1.165) is 12.1 Å². The van der Waals surface area contributed by atoms with E-state index in [4.69, 9.17) is 20.8 Å². The van der Waals surface area contributed by atoms with Gasteiger partial charge >= 0.3 is 0 Å². The fraction of sp³-hybridized carbons (Fsp3) is 0.217. The van der Waals surface area contributed by atoms with Gasteiger partial charge in [-0.1, -0.05) is 30.7 Å². The van der Waals surface area contributed by atoms with Crippen LogP contribution in [0.25, 0.3) is 11.5 Å². The quantitative estimate of drug-likeness (QED) is 0.323. The van der Waals surface area contributed by atoms with E-state index in [0.29, 0.717) is 46.8 Å². The number of carbonyl (C=O) groups is 1. The van der Waals surface area contributed by atoms with Crippen molar-refractivity contribution >= 4 is 28.8 Å². The van der Waals surface area contributed by atoms with Crippen molar-refractivity contribution in [1.29, 1.82) is 0 Å². The summed E-state index contributed by atoms with van der Waals surface area (Å²) < 4.78 is 11.5. The van der Waals surface area contributed by atoms with Crippen molar-refractivity contribution in [3.8, 4) is 17.2 Å². The Kier molecular flexibility index (Phi) is 7.14. The number of ether oxygens (including phenoxy) is 1. The Morgan fingerprint density at radius 1 is 1.16 bits per heavy atom. The monoisotopic (exact) mass is 468 g/mol. The zero-order valence-electron chi connectivity index (χ0n) is 17.4. The van der Waals surface area contributed by atoms with E-state index in [9.17, 15) is 4.79 Å². The molecule has 9 heteroatoms. The zero-order chi connectivity index (χ0) is 22.3. The van der Waals surface area contributed by atoms with Gasteiger partial charge in [0.2, 0.25) is 11.8 Å². The Morgan fingerprint density at radius 3 is 2.69 bits per heavy atom. The molecule has 0 saturated heterocycles. The lowest BCUT2D eigenvalue weighted by Gasteiger charge is -2.20. The van der Waals surface area contributed by atoms with Gasteiger partial charge in [0.15, 0.2) is 0 Å². The molecule has 0 N–H and O–H groups in total. The molecule has 0 radical (unpaired) electrons. The van der Waals surface area contributed by atoms with Gasteiger partial charge in [-0.05, 0) is 42.8 Å². The summed E-state index contributed by atoms with van der Waals surface area (Å²) in [4.78, 5) is 19.0. The van der Waals surface area contributed by atoms with Crippen LogP contribution in [0.3, 0.4) is 0 Å². The SMILES string of the molecule is CCCN(Cc1nnc(-c2ccccc2Cl)o1)C(=O)c1ccc(OCc2cscn2)cc1. The Balaban J connectivity index is 1.43. The number of thiazole rings is 1. The third-order valence-electron chi connectivity index (χ3n) is 4.65. The van der Waals surface area contributed by atoms with Crippen LogP contribution >= 0.6 is 22.9 Å². The van der Waals surface area contributed by atoms with Gasteiger partial charge in [0.1, 0.15) is 12.4 Å². The molecule has 0 saturated carbocycles. The Bertz CT molecular complexity index is 1160. The van der Waals surface area contributed by atoms with Gasteiger partial charge in [-0.15, -0.1) is 21.5 Å². The summed E-state index contributed by atoms with van der Waals surface area (Å²) in [6.07, 6.45) is 0.798. The number of halogens is 1. The molecule has 2 aromatic carbocycles. The smallest absolute Gasteiger partial charge is 0.254 e. The van der Waals surface area contributed by atoms with Gasteiger partial charge in [0, 0.05) is 17.5 Å². The lowest BCUT2D eigenvalue weighted by molar-refractivity contribution is 0.0728. The van der Waals surface area contributed by atoms with Gasteiger partial charge in [-0.2, -0.15) is 0 Å². The molecule has 0 atom stereocenters. The topological polar surface area (TPSA) is 81.4 Å². The first-order chi connectivity index (χ1) is 15.6. The van der Waals surface area contributed by atoms with E-state index in [1.54, 1.807) is 40.7 Å². The molecule has 0 aliphatic rings. The minimum absolute atomic E-state index is 0.115. The number of aromatic nitrogens is 3. The largest absolute Gasteiger partial charge is 0.487 e. The first-order valence-corrected chi connectivity index (χ1v) is 11.4. The van der Waals surface area contributed by atoms with Gasteiger partial charge in [0.25, 0.3) is 5.91 Å². The molecule has 0 aliphatic carbocycles. The van der Waals surface area contributed by atoms with Crippen LogP contribution in [0.1, 0.15) is 35.3 Å². The predicted molar refractivity (Wildman–Crippen MR) is 123 cm³/mol. The van der Waals surface area contributed by atoms with Crippen molar-refractivity contribution in [3.63, 3.8) is 0 Å². The zero-order valence-corrected chi connectivity index (χ0v) is 19.0. The van der Waals surface area contributed by atoms with Crippen LogP contribution in [-0.2, 0) is 13.2 Å². The summed E-state index contributed by atoms with van der Waals surface area (Å²) in [6, 6.07) is 14.3. The second kappa shape index (κ2) is 10.4. The van der Waals surface area contributed by atoms with E-state index < -0.39 is 0 Å². The van der Waals surface area contributed by atoms with Crippen LogP contribution in [0.2, 0.25) is 5.02 Å². The van der Waals surface area contributed by atoms with E-state index in [1.165, 1.54) is 11.3 Å². The van der Waals surface area contributed by atoms with Crippen molar-refractivity contribution in [3.05, 3.63) is 81.6 Å². The second-order valence-corrected chi connectivity index (χ2v) is 8.13. The second-order valence-electron chi connectivity index (χ2n) is 7.00. The van der Waals surface area contributed by atoms with Crippen LogP contribution in [0.4, 0.5) is 0 Å². The molecule has 4 aromatic rings. The van der Waals surface area contributed by atoms with Gasteiger partial charge in [0.05, 0.1) is 28.3 Å². The van der Waals surface area contributed by atoms with E-state index in [2.05, 4.69) is 15.2 Å². The fourth-order valence-corrected chi connectivity index (χ4v) is 3.85. The molecule has 2 heterocycles.